The molecule has 1 saturated heterocycles. The molecule has 1 aliphatic rings. The highest BCUT2D eigenvalue weighted by Gasteiger charge is 2.44. The number of ether oxygens (including phenoxy) is 1. The van der Waals surface area contributed by atoms with Gasteiger partial charge in [-0.25, -0.2) is 14.5 Å². The standard InChI is InChI=1S/C11H15N4O7P/c12-9-5-1-2-15(10(5)14-4-13-9)11-8(17)7(16)6(22-11)3-21-23(18,19)20/h1-2,4,6-8,11,16-17H,3H2,(H2,12,13,14)(H2,18,19,20). The van der Waals surface area contributed by atoms with Crippen LogP contribution >= 0.6 is 7.82 Å². The van der Waals surface area contributed by atoms with Crippen molar-refractivity contribution in [3.8, 4) is 0 Å². The Morgan fingerprint density at radius 3 is 2.78 bits per heavy atom. The Bertz CT molecular complexity index is 762. The molecule has 11 nitrogen and oxygen atoms in total. The second-order valence-electron chi connectivity index (χ2n) is 5.05. The van der Waals surface area contributed by atoms with Crippen LogP contribution in [0.2, 0.25) is 0 Å². The van der Waals surface area contributed by atoms with Gasteiger partial charge in [0.15, 0.2) is 6.23 Å². The van der Waals surface area contributed by atoms with Gasteiger partial charge in [0.1, 0.15) is 36.1 Å². The van der Waals surface area contributed by atoms with Gasteiger partial charge in [-0.15, -0.1) is 0 Å². The van der Waals surface area contributed by atoms with E-state index in [1.807, 2.05) is 0 Å². The van der Waals surface area contributed by atoms with Crippen LogP contribution in [0.5, 0.6) is 0 Å². The monoisotopic (exact) mass is 346 g/mol. The highest BCUT2D eigenvalue weighted by Crippen LogP contribution is 2.39. The van der Waals surface area contributed by atoms with Gasteiger partial charge in [-0.3, -0.25) is 4.52 Å². The molecule has 0 aromatic carbocycles. The van der Waals surface area contributed by atoms with Crippen LogP contribution in [0.15, 0.2) is 18.6 Å². The number of nitrogen functional groups attached to an aromatic ring is 1. The second kappa shape index (κ2) is 5.80. The van der Waals surface area contributed by atoms with E-state index in [-0.39, 0.29) is 5.82 Å². The van der Waals surface area contributed by atoms with Crippen LogP contribution in [-0.4, -0.2) is 59.5 Å². The van der Waals surface area contributed by atoms with E-state index in [0.717, 1.165) is 0 Å². The van der Waals surface area contributed by atoms with Crippen molar-refractivity contribution in [3.63, 3.8) is 0 Å². The van der Waals surface area contributed by atoms with Crippen LogP contribution in [-0.2, 0) is 13.8 Å². The van der Waals surface area contributed by atoms with Crippen LogP contribution in [0.4, 0.5) is 5.82 Å². The van der Waals surface area contributed by atoms with E-state index in [9.17, 15) is 14.8 Å². The number of phosphoric ester groups is 1. The summed E-state index contributed by atoms with van der Waals surface area (Å²) < 4.78 is 22.0. The largest absolute Gasteiger partial charge is 0.469 e. The van der Waals surface area contributed by atoms with E-state index in [1.165, 1.54) is 10.9 Å². The molecule has 126 valence electrons. The van der Waals surface area contributed by atoms with Crippen LogP contribution in [0.3, 0.4) is 0 Å². The molecule has 2 aromatic heterocycles. The van der Waals surface area contributed by atoms with E-state index in [0.29, 0.717) is 11.0 Å². The first kappa shape index (κ1) is 16.3. The Labute approximate surface area is 129 Å². The van der Waals surface area contributed by atoms with Crippen molar-refractivity contribution in [2.24, 2.45) is 0 Å². The molecule has 4 atom stereocenters. The molecule has 3 heterocycles. The molecule has 0 radical (unpaired) electrons. The fraction of sp³-hybridized carbons (Fsp3) is 0.455. The number of aliphatic hydroxyl groups excluding tert-OH is 2. The van der Waals surface area contributed by atoms with Gasteiger partial charge in [-0.1, -0.05) is 0 Å². The molecule has 1 fully saturated rings. The molecule has 12 heteroatoms. The molecule has 4 unspecified atom stereocenters. The lowest BCUT2D eigenvalue weighted by atomic mass is 10.1. The molecule has 23 heavy (non-hydrogen) atoms. The maximum absolute atomic E-state index is 10.7. The van der Waals surface area contributed by atoms with Gasteiger partial charge in [0.05, 0.1) is 12.0 Å². The van der Waals surface area contributed by atoms with Gasteiger partial charge in [0.2, 0.25) is 0 Å². The molecular formula is C11H15N4O7P. The Kier molecular flexibility index (Phi) is 4.10. The van der Waals surface area contributed by atoms with Crippen LogP contribution in [0.25, 0.3) is 11.0 Å². The van der Waals surface area contributed by atoms with Crippen molar-refractivity contribution in [2.45, 2.75) is 24.5 Å². The fourth-order valence-electron chi connectivity index (χ4n) is 2.46. The van der Waals surface area contributed by atoms with Crippen molar-refractivity contribution in [1.82, 2.24) is 14.5 Å². The number of fused-ring (bicyclic) bond motifs is 1. The smallest absolute Gasteiger partial charge is 0.387 e. The number of anilines is 1. The van der Waals surface area contributed by atoms with E-state index in [2.05, 4.69) is 14.5 Å². The lowest BCUT2D eigenvalue weighted by Gasteiger charge is -2.17. The van der Waals surface area contributed by atoms with Crippen molar-refractivity contribution in [3.05, 3.63) is 18.6 Å². The minimum Gasteiger partial charge on any atom is -0.387 e. The number of aliphatic hydroxyl groups is 2. The summed E-state index contributed by atoms with van der Waals surface area (Å²) in [6.45, 7) is -0.574. The van der Waals surface area contributed by atoms with E-state index < -0.39 is 39.0 Å². The van der Waals surface area contributed by atoms with Gasteiger partial charge in [0.25, 0.3) is 0 Å². The predicted molar refractivity (Wildman–Crippen MR) is 75.9 cm³/mol. The van der Waals surface area contributed by atoms with E-state index >= 15 is 0 Å². The highest BCUT2D eigenvalue weighted by atomic mass is 31.2. The third-order valence-electron chi connectivity index (χ3n) is 3.56. The van der Waals surface area contributed by atoms with Crippen molar-refractivity contribution >= 4 is 24.7 Å². The molecule has 0 bridgehead atoms. The maximum atomic E-state index is 10.7. The minimum absolute atomic E-state index is 0.253. The maximum Gasteiger partial charge on any atom is 0.469 e. The molecular weight excluding hydrogens is 331 g/mol. The molecule has 1 aliphatic heterocycles. The summed E-state index contributed by atoms with van der Waals surface area (Å²) in [7, 11) is -4.71. The Morgan fingerprint density at radius 1 is 1.35 bits per heavy atom. The summed E-state index contributed by atoms with van der Waals surface area (Å²) in [5.74, 6) is 0.253. The zero-order valence-electron chi connectivity index (χ0n) is 11.6. The van der Waals surface area contributed by atoms with Crippen LogP contribution in [0.1, 0.15) is 6.23 Å². The zero-order chi connectivity index (χ0) is 16.8. The average Bonchev–Trinajstić information content (AvgIpc) is 3.01. The summed E-state index contributed by atoms with van der Waals surface area (Å²) in [4.78, 5) is 25.3. The first-order valence-corrected chi connectivity index (χ1v) is 8.09. The molecule has 0 aliphatic carbocycles. The number of hydrogen-bond donors (Lipinski definition) is 5. The first-order valence-electron chi connectivity index (χ1n) is 6.56. The second-order valence-corrected chi connectivity index (χ2v) is 6.29. The number of phosphoric acid groups is 1. The quantitative estimate of drug-likeness (QED) is 0.420. The molecule has 0 amide bonds. The van der Waals surface area contributed by atoms with Gasteiger partial charge >= 0.3 is 7.82 Å². The van der Waals surface area contributed by atoms with Gasteiger partial charge in [-0.2, -0.15) is 0 Å². The fourth-order valence-corrected chi connectivity index (χ4v) is 2.80. The first-order chi connectivity index (χ1) is 10.8. The SMILES string of the molecule is Nc1ncnc2c1ccn2C1OC(COP(=O)(O)O)C(O)C1O. The number of aromatic nitrogens is 3. The van der Waals surface area contributed by atoms with Crippen molar-refractivity contribution in [1.29, 1.82) is 0 Å². The average molecular weight is 346 g/mol. The summed E-state index contributed by atoms with van der Waals surface area (Å²) >= 11 is 0. The molecule has 2 aromatic rings. The zero-order valence-corrected chi connectivity index (χ0v) is 12.5. The van der Waals surface area contributed by atoms with Crippen molar-refractivity contribution in [2.75, 3.05) is 12.3 Å². The topological polar surface area (TPSA) is 173 Å². The molecule has 6 N–H and O–H groups in total. The third kappa shape index (κ3) is 3.08. The Hall–Kier alpha value is -1.59. The van der Waals surface area contributed by atoms with Crippen LogP contribution in [0, 0.1) is 0 Å². The number of rotatable bonds is 4. The van der Waals surface area contributed by atoms with Gasteiger partial charge in [0, 0.05) is 6.20 Å². The van der Waals surface area contributed by atoms with Gasteiger partial charge in [-0.05, 0) is 6.07 Å². The Morgan fingerprint density at radius 2 is 2.09 bits per heavy atom. The third-order valence-corrected chi connectivity index (χ3v) is 4.04. The predicted octanol–water partition coefficient (Wildman–Crippen LogP) is -1.26. The normalized spacial score (nSPS) is 28.5. The van der Waals surface area contributed by atoms with Crippen molar-refractivity contribution < 1.29 is 33.8 Å². The molecule has 0 spiro atoms. The number of nitrogens with two attached hydrogens (primary N) is 1. The lowest BCUT2D eigenvalue weighted by Crippen LogP contribution is -2.33. The summed E-state index contributed by atoms with van der Waals surface area (Å²) in [5.41, 5.74) is 6.12. The number of nitrogens with zero attached hydrogens (tertiary/aromatic N) is 3. The summed E-state index contributed by atoms with van der Waals surface area (Å²) in [6, 6.07) is 1.63. The lowest BCUT2D eigenvalue weighted by molar-refractivity contribution is -0.0501. The summed E-state index contributed by atoms with van der Waals surface area (Å²) in [5, 5.41) is 20.7. The highest BCUT2D eigenvalue weighted by molar-refractivity contribution is 7.46. The summed E-state index contributed by atoms with van der Waals surface area (Å²) in [6.07, 6.45) is -2.04. The van der Waals surface area contributed by atoms with Gasteiger partial charge < -0.3 is 35.0 Å². The minimum atomic E-state index is -4.71. The molecule has 3 rings (SSSR count). The molecule has 0 saturated carbocycles. The van der Waals surface area contributed by atoms with E-state index in [1.54, 1.807) is 12.3 Å². The van der Waals surface area contributed by atoms with E-state index in [4.69, 9.17) is 20.3 Å². The Balaban J connectivity index is 1.85. The number of hydrogen-bond acceptors (Lipinski definition) is 8. The van der Waals surface area contributed by atoms with Crippen LogP contribution < -0.4 is 5.73 Å².